The van der Waals surface area contributed by atoms with Gasteiger partial charge < -0.3 is 10.1 Å². The molecule has 0 aliphatic carbocycles. The molecule has 7 nitrogen and oxygen atoms in total. The Morgan fingerprint density at radius 2 is 1.97 bits per heavy atom. The van der Waals surface area contributed by atoms with Crippen LogP contribution in [0.2, 0.25) is 0 Å². The van der Waals surface area contributed by atoms with Crippen LogP contribution in [0.15, 0.2) is 78.2 Å². The maximum atomic E-state index is 10.9. The summed E-state index contributed by atoms with van der Waals surface area (Å²) in [4.78, 5) is 7.53. The lowest BCUT2D eigenvalue weighted by molar-refractivity contribution is 0.401. The van der Waals surface area contributed by atoms with Crippen LogP contribution in [0.25, 0.3) is 28.0 Å². The van der Waals surface area contributed by atoms with Gasteiger partial charge in [-0.05, 0) is 19.1 Å². The zero-order valence-electron chi connectivity index (χ0n) is 16.9. The molecule has 154 valence electrons. The van der Waals surface area contributed by atoms with Crippen molar-refractivity contribution in [3.63, 3.8) is 0 Å². The number of rotatable bonds is 7. The van der Waals surface area contributed by atoms with Crippen molar-refractivity contribution in [2.24, 2.45) is 0 Å². The van der Waals surface area contributed by atoms with Crippen molar-refractivity contribution in [2.45, 2.75) is 23.9 Å². The summed E-state index contributed by atoms with van der Waals surface area (Å²) in [5, 5.41) is 29.4. The highest BCUT2D eigenvalue weighted by Gasteiger charge is 2.22. The molecule has 0 saturated carbocycles. The monoisotopic (exact) mass is 428 g/mol. The topological polar surface area (TPSA) is 103 Å². The van der Waals surface area contributed by atoms with Crippen LogP contribution in [0.3, 0.4) is 0 Å². The molecule has 2 aromatic heterocycles. The predicted molar refractivity (Wildman–Crippen MR) is 122 cm³/mol. The average Bonchev–Trinajstić information content (AvgIpc) is 3.39. The minimum atomic E-state index is -0.445. The van der Waals surface area contributed by atoms with E-state index in [0.29, 0.717) is 17.5 Å². The molecule has 0 aliphatic rings. The molecular formula is C23H20N6OS. The Bertz CT molecular complexity index is 1270. The van der Waals surface area contributed by atoms with Crippen molar-refractivity contribution >= 4 is 28.4 Å². The lowest BCUT2D eigenvalue weighted by atomic mass is 10.2. The number of aliphatic hydroxyl groups excluding tert-OH is 1. The lowest BCUT2D eigenvalue weighted by Crippen LogP contribution is -2.08. The number of hydrogen-bond acceptors (Lipinski definition) is 6. The molecule has 0 spiro atoms. The Labute approximate surface area is 183 Å². The smallest absolute Gasteiger partial charge is 0.192 e. The summed E-state index contributed by atoms with van der Waals surface area (Å²) < 4.78 is 1.93. The van der Waals surface area contributed by atoms with Crippen LogP contribution in [0, 0.1) is 11.3 Å². The summed E-state index contributed by atoms with van der Waals surface area (Å²) >= 11 is 1.32. The molecular weight excluding hydrogens is 408 g/mol. The number of fused-ring (bicyclic) bond motifs is 1. The van der Waals surface area contributed by atoms with E-state index in [1.54, 1.807) is 6.08 Å². The highest BCUT2D eigenvalue weighted by Crippen LogP contribution is 2.31. The Hall–Kier alpha value is -3.83. The first kappa shape index (κ1) is 20.4. The Morgan fingerprint density at radius 1 is 1.23 bits per heavy atom. The number of nitrogens with zero attached hydrogens (tertiary/aromatic N) is 5. The van der Waals surface area contributed by atoms with E-state index < -0.39 is 5.25 Å². The van der Waals surface area contributed by atoms with Crippen molar-refractivity contribution in [1.82, 2.24) is 24.7 Å². The zero-order chi connectivity index (χ0) is 21.8. The fraction of sp³-hybridized carbons (Fsp3) is 0.130. The molecule has 0 radical (unpaired) electrons. The number of H-pyrrole nitrogens is 1. The molecule has 4 aromatic rings. The van der Waals surface area contributed by atoms with Gasteiger partial charge in [-0.3, -0.25) is 4.57 Å². The number of thioether (sulfide) groups is 1. The predicted octanol–water partition coefficient (Wildman–Crippen LogP) is 4.98. The number of nitrogens with one attached hydrogen (secondary N) is 1. The number of aliphatic hydroxyl groups is 1. The van der Waals surface area contributed by atoms with Gasteiger partial charge in [-0.2, -0.15) is 5.26 Å². The number of para-hydroxylation sites is 2. The van der Waals surface area contributed by atoms with Crippen molar-refractivity contribution in [3.8, 4) is 17.5 Å². The van der Waals surface area contributed by atoms with Gasteiger partial charge in [0.15, 0.2) is 16.8 Å². The van der Waals surface area contributed by atoms with E-state index in [2.05, 4.69) is 32.8 Å². The lowest BCUT2D eigenvalue weighted by Gasteiger charge is -2.13. The Balaban J connectivity index is 1.66. The van der Waals surface area contributed by atoms with Crippen LogP contribution in [0.5, 0.6) is 0 Å². The molecule has 2 heterocycles. The van der Waals surface area contributed by atoms with Gasteiger partial charge >= 0.3 is 0 Å². The van der Waals surface area contributed by atoms with Crippen molar-refractivity contribution < 1.29 is 5.11 Å². The Morgan fingerprint density at radius 3 is 2.68 bits per heavy atom. The van der Waals surface area contributed by atoms with Gasteiger partial charge in [-0.15, -0.1) is 16.8 Å². The van der Waals surface area contributed by atoms with Gasteiger partial charge in [0.2, 0.25) is 0 Å². The van der Waals surface area contributed by atoms with E-state index in [0.717, 1.165) is 22.4 Å². The third-order valence-corrected chi connectivity index (χ3v) is 5.81. The highest BCUT2D eigenvalue weighted by atomic mass is 32.2. The van der Waals surface area contributed by atoms with E-state index in [4.69, 9.17) is 0 Å². The second kappa shape index (κ2) is 8.90. The zero-order valence-corrected chi connectivity index (χ0v) is 17.7. The standard InChI is InChI=1S/C23H20N6OS/c1-3-13-29-22(16-9-5-4-6-10-16)27-28-23(29)31-15(2)20(30)17(14-24)21-25-18-11-7-8-12-19(18)26-21/h3-12,15,30H,1,13H2,2H3,(H,25,26)/b20-17-. The number of imidazole rings is 1. The Kier molecular flexibility index (Phi) is 5.87. The van der Waals surface area contributed by atoms with Crippen LogP contribution < -0.4 is 0 Å². The molecule has 0 aliphatic heterocycles. The first-order valence-corrected chi connectivity index (χ1v) is 10.5. The van der Waals surface area contributed by atoms with Crippen LogP contribution in [0.1, 0.15) is 12.7 Å². The summed E-state index contributed by atoms with van der Waals surface area (Å²) in [5.41, 5.74) is 2.58. The fourth-order valence-corrected chi connectivity index (χ4v) is 4.11. The number of benzene rings is 2. The SMILES string of the molecule is C=CCn1c(SC(C)/C(O)=C(\C#N)c2nc3ccccc3[nH]2)nnc1-c1ccccc1. The van der Waals surface area contributed by atoms with Crippen molar-refractivity contribution in [3.05, 3.63) is 78.8 Å². The van der Waals surface area contributed by atoms with E-state index in [1.807, 2.05) is 66.1 Å². The summed E-state index contributed by atoms with van der Waals surface area (Å²) in [6, 6.07) is 19.3. The van der Waals surface area contributed by atoms with Crippen molar-refractivity contribution in [1.29, 1.82) is 5.26 Å². The van der Waals surface area contributed by atoms with Crippen molar-refractivity contribution in [2.75, 3.05) is 0 Å². The van der Waals surface area contributed by atoms with Gasteiger partial charge in [0.1, 0.15) is 17.4 Å². The van der Waals surface area contributed by atoms with E-state index in [1.165, 1.54) is 11.8 Å². The molecule has 0 amide bonds. The molecule has 4 rings (SSSR count). The second-order valence-corrected chi connectivity index (χ2v) is 8.11. The number of hydrogen-bond donors (Lipinski definition) is 2. The van der Waals surface area contributed by atoms with Gasteiger partial charge in [0, 0.05) is 12.1 Å². The highest BCUT2D eigenvalue weighted by molar-refractivity contribution is 7.99. The molecule has 0 bridgehead atoms. The molecule has 31 heavy (non-hydrogen) atoms. The average molecular weight is 429 g/mol. The minimum Gasteiger partial charge on any atom is -0.510 e. The molecule has 8 heteroatoms. The van der Waals surface area contributed by atoms with Gasteiger partial charge in [-0.25, -0.2) is 4.98 Å². The molecule has 0 saturated heterocycles. The van der Waals surface area contributed by atoms with Crippen LogP contribution in [0.4, 0.5) is 0 Å². The molecule has 0 fully saturated rings. The van der Waals surface area contributed by atoms with Gasteiger partial charge in [0.25, 0.3) is 0 Å². The van der Waals surface area contributed by atoms with E-state index >= 15 is 0 Å². The van der Waals surface area contributed by atoms with E-state index in [-0.39, 0.29) is 11.3 Å². The minimum absolute atomic E-state index is 0.0685. The third kappa shape index (κ3) is 4.09. The fourth-order valence-electron chi connectivity index (χ4n) is 3.19. The van der Waals surface area contributed by atoms with Crippen LogP contribution >= 0.6 is 11.8 Å². The largest absolute Gasteiger partial charge is 0.510 e. The third-order valence-electron chi connectivity index (χ3n) is 4.72. The number of aromatic nitrogens is 5. The van der Waals surface area contributed by atoms with Crippen LogP contribution in [-0.4, -0.2) is 35.1 Å². The maximum Gasteiger partial charge on any atom is 0.192 e. The quantitative estimate of drug-likeness (QED) is 0.186. The maximum absolute atomic E-state index is 10.9. The normalized spacial score (nSPS) is 12.9. The summed E-state index contributed by atoms with van der Waals surface area (Å²) in [6.45, 7) is 6.16. The first-order chi connectivity index (χ1) is 15.1. The first-order valence-electron chi connectivity index (χ1n) is 9.67. The van der Waals surface area contributed by atoms with E-state index in [9.17, 15) is 10.4 Å². The summed E-state index contributed by atoms with van der Waals surface area (Å²) in [6.07, 6.45) is 1.77. The molecule has 2 N–H and O–H groups in total. The molecule has 2 aromatic carbocycles. The summed E-state index contributed by atoms with van der Waals surface area (Å²) in [5.74, 6) is 0.989. The number of nitriles is 1. The summed E-state index contributed by atoms with van der Waals surface area (Å²) in [7, 11) is 0. The number of aromatic amines is 1. The van der Waals surface area contributed by atoms with Crippen LogP contribution in [-0.2, 0) is 6.54 Å². The van der Waals surface area contributed by atoms with Gasteiger partial charge in [-0.1, -0.05) is 60.3 Å². The van der Waals surface area contributed by atoms with Gasteiger partial charge in [0.05, 0.1) is 16.3 Å². The molecule has 1 unspecified atom stereocenters. The molecule has 1 atom stereocenters. The number of allylic oxidation sites excluding steroid dienone is 2. The second-order valence-electron chi connectivity index (χ2n) is 6.81.